The van der Waals surface area contributed by atoms with Crippen molar-refractivity contribution in [2.24, 2.45) is 34.0 Å². The fraction of sp³-hybridized carbons (Fsp3) is 0.586. The quantitative estimate of drug-likeness (QED) is 0.0858. The third kappa shape index (κ3) is 19.1. The Labute approximate surface area is 720 Å². The largest absolute Gasteiger partial charge is 0.477 e. The molecule has 9 aromatic heterocycles. The zero-order valence-electron chi connectivity index (χ0n) is 72.8. The number of sulfonamides is 3. The maximum Gasteiger partial charge on any atom is 0.268 e. The molecule has 33 nitrogen and oxygen atoms in total. The molecule has 15 heterocycles. The summed E-state index contributed by atoms with van der Waals surface area (Å²) >= 11 is 0. The molecule has 9 aliphatic rings. The van der Waals surface area contributed by atoms with E-state index in [9.17, 15) is 39.6 Å². The molecule has 0 spiro atoms. The van der Waals surface area contributed by atoms with Crippen LogP contribution in [0.15, 0.2) is 106 Å². The number of fused-ring (bicyclic) bond motifs is 18. The number of anilines is 3. The monoisotopic (exact) mass is 1740 g/mol. The van der Waals surface area contributed by atoms with Gasteiger partial charge in [-0.2, -0.15) is 15.3 Å². The summed E-state index contributed by atoms with van der Waals surface area (Å²) in [6.45, 7) is 30.8. The first-order chi connectivity index (χ1) is 58.3. The molecule has 12 bridgehead atoms. The molecule has 3 atom stereocenters. The highest BCUT2D eigenvalue weighted by Crippen LogP contribution is 2.51. The molecule has 6 fully saturated rings. The van der Waals surface area contributed by atoms with Gasteiger partial charge in [-0.25, -0.2) is 68.4 Å². The Morgan fingerprint density at radius 2 is 0.650 bits per heavy atom. The van der Waals surface area contributed by atoms with Crippen LogP contribution in [0.2, 0.25) is 0 Å². The van der Waals surface area contributed by atoms with Gasteiger partial charge in [-0.3, -0.25) is 28.4 Å². The van der Waals surface area contributed by atoms with Crippen molar-refractivity contribution in [2.45, 2.75) is 269 Å². The van der Waals surface area contributed by atoms with E-state index in [4.69, 9.17) is 29.2 Å². The minimum Gasteiger partial charge on any atom is -0.477 e. The Morgan fingerprint density at radius 3 is 0.911 bits per heavy atom. The van der Waals surface area contributed by atoms with Gasteiger partial charge < -0.3 is 28.9 Å². The van der Waals surface area contributed by atoms with Gasteiger partial charge in [0.15, 0.2) is 17.5 Å². The van der Waals surface area contributed by atoms with E-state index in [0.29, 0.717) is 143 Å². The molecule has 36 heteroatoms. The Balaban J connectivity index is 0.000000137. The molecule has 0 radical (unpaired) electrons. The number of nitrogens with one attached hydrogen (secondary N) is 3. The number of amides is 3. The lowest BCUT2D eigenvalue weighted by molar-refractivity contribution is 0.0972. The van der Waals surface area contributed by atoms with Gasteiger partial charge in [-0.1, -0.05) is 40.0 Å². The molecule has 3 aliphatic carbocycles. The number of carbonyl (C=O) groups excluding carboxylic acids is 3. The third-order valence-corrected chi connectivity index (χ3v) is 31.3. The molecule has 660 valence electrons. The normalized spacial score (nSPS) is 22.8. The fourth-order valence-corrected chi connectivity index (χ4v) is 21.8. The van der Waals surface area contributed by atoms with E-state index in [2.05, 4.69) is 122 Å². The summed E-state index contributed by atoms with van der Waals surface area (Å²) in [5.41, 5.74) is 2.54. The molecule has 18 rings (SSSR count). The summed E-state index contributed by atoms with van der Waals surface area (Å²) in [6.07, 6.45) is 31.4. The molecule has 6 aliphatic heterocycles. The number of carbonyl (C=O) groups is 3. The Bertz CT molecular complexity index is 5270. The number of hydrogen-bond acceptors (Lipinski definition) is 24. The molecule has 3 saturated heterocycles. The SMILES string of the molecule is Cc1c2cnn1CCCCC1CN(c3nc(-n4ccc(OCCC5(C)CC5)n4)ccc3C(=O)NS2(=O)=O)C(C)(C)C1.Cc1c2cnn1CCCCC1CN(c3nc(-n4ccc(OCCC5(C)CC5)n4)ccc3C(=O)NS2(=O)=O)C(C)(C)C1.Cc1c2cnn1CCCCC1CN(c3nc(-n4ccc(OCCC5(C)CC5)n4)ccc3C(=O)NS2(=O)=O)C(C)(C)C1. The highest BCUT2D eigenvalue weighted by atomic mass is 32.2. The molecular formula is C87H117N21O12S3. The lowest BCUT2D eigenvalue weighted by Gasteiger charge is -2.34. The zero-order chi connectivity index (χ0) is 87.0. The third-order valence-electron chi connectivity index (χ3n) is 27.0. The van der Waals surface area contributed by atoms with Gasteiger partial charge in [0, 0.05) is 92.7 Å². The van der Waals surface area contributed by atoms with E-state index in [-0.39, 0.29) is 48.0 Å². The van der Waals surface area contributed by atoms with Crippen molar-refractivity contribution in [3.63, 3.8) is 0 Å². The van der Waals surface area contributed by atoms with Crippen molar-refractivity contribution in [2.75, 3.05) is 54.2 Å². The van der Waals surface area contributed by atoms with Gasteiger partial charge in [-0.05, 0) is 248 Å². The van der Waals surface area contributed by atoms with E-state index >= 15 is 0 Å². The van der Waals surface area contributed by atoms with E-state index < -0.39 is 47.8 Å². The van der Waals surface area contributed by atoms with Crippen molar-refractivity contribution >= 4 is 65.2 Å². The zero-order valence-corrected chi connectivity index (χ0v) is 75.2. The molecule has 123 heavy (non-hydrogen) atoms. The second-order valence-electron chi connectivity index (χ2n) is 38.4. The highest BCUT2D eigenvalue weighted by Gasteiger charge is 2.46. The van der Waals surface area contributed by atoms with Crippen molar-refractivity contribution in [1.82, 2.24) is 87.8 Å². The first-order valence-electron chi connectivity index (χ1n) is 43.5. The van der Waals surface area contributed by atoms with E-state index in [1.54, 1.807) is 104 Å². The number of ether oxygens (including phenoxy) is 3. The number of nitrogens with zero attached hydrogens (tertiary/aromatic N) is 18. The predicted molar refractivity (Wildman–Crippen MR) is 461 cm³/mol. The maximum absolute atomic E-state index is 13.6. The van der Waals surface area contributed by atoms with Gasteiger partial charge in [-0.15, -0.1) is 15.3 Å². The molecule has 3 amide bonds. The average Bonchev–Trinajstić information content (AvgIpc) is 1.64. The molecule has 3 unspecified atom stereocenters. The second kappa shape index (κ2) is 33.4. The summed E-state index contributed by atoms with van der Waals surface area (Å²) in [6, 6.07) is 15.4. The van der Waals surface area contributed by atoms with Gasteiger partial charge in [0.1, 0.15) is 32.1 Å². The number of hydrogen-bond donors (Lipinski definition) is 3. The van der Waals surface area contributed by atoms with Crippen LogP contribution in [0.3, 0.4) is 0 Å². The van der Waals surface area contributed by atoms with Gasteiger partial charge in [0.05, 0.1) is 72.2 Å². The fourth-order valence-electron chi connectivity index (χ4n) is 18.4. The first-order valence-corrected chi connectivity index (χ1v) is 48.0. The van der Waals surface area contributed by atoms with Crippen LogP contribution in [-0.2, 0) is 49.7 Å². The minimum atomic E-state index is -4.14. The number of aryl methyl sites for hydroxylation is 3. The van der Waals surface area contributed by atoms with Crippen molar-refractivity contribution < 1.29 is 53.8 Å². The van der Waals surface area contributed by atoms with Crippen molar-refractivity contribution in [3.05, 3.63) is 126 Å². The van der Waals surface area contributed by atoms with Crippen LogP contribution in [0.1, 0.15) is 245 Å². The van der Waals surface area contributed by atoms with Crippen LogP contribution >= 0.6 is 0 Å². The summed E-state index contributed by atoms with van der Waals surface area (Å²) < 4.78 is 114. The van der Waals surface area contributed by atoms with Crippen molar-refractivity contribution in [1.29, 1.82) is 0 Å². The smallest absolute Gasteiger partial charge is 0.268 e. The van der Waals surface area contributed by atoms with Crippen LogP contribution in [0.5, 0.6) is 17.6 Å². The lowest BCUT2D eigenvalue weighted by Crippen LogP contribution is -2.41. The highest BCUT2D eigenvalue weighted by molar-refractivity contribution is 7.90. The number of aromatic nitrogens is 15. The number of rotatable bonds is 15. The van der Waals surface area contributed by atoms with Crippen molar-refractivity contribution in [3.8, 4) is 35.1 Å². The van der Waals surface area contributed by atoms with E-state index in [1.807, 2.05) is 18.2 Å². The van der Waals surface area contributed by atoms with Gasteiger partial charge in [0.25, 0.3) is 47.8 Å². The Hall–Kier alpha value is -10.2. The standard InChI is InChI=1S/3C29H39N7O4S/c3*1-20-23-18-30-35(20)14-6-5-7-21-17-28(2,3)34(19-21)26-22(27(37)33-41(23,38)39)8-9-24(31-26)36-15-10-25(32-36)40-16-13-29(4)11-12-29/h3*8-10,15,18,21H,5-7,11-14,16-17,19H2,1-4H3,(H,33,37). The number of pyridine rings is 3. The molecule has 9 aromatic rings. The average molecular weight is 1750 g/mol. The van der Waals surface area contributed by atoms with E-state index in [0.717, 1.165) is 116 Å². The summed E-state index contributed by atoms with van der Waals surface area (Å²) in [5, 5.41) is 26.6. The molecule has 3 saturated carbocycles. The predicted octanol–water partition coefficient (Wildman–Crippen LogP) is 12.7. The first kappa shape index (κ1) is 86.3. The maximum atomic E-state index is 13.6. The minimum absolute atomic E-state index is 0.00811. The molecule has 3 N–H and O–H groups in total. The Kier molecular flexibility index (Phi) is 23.4. The summed E-state index contributed by atoms with van der Waals surface area (Å²) in [5.74, 6) is 3.59. The van der Waals surface area contributed by atoms with Crippen LogP contribution < -0.4 is 43.1 Å². The van der Waals surface area contributed by atoms with E-state index in [1.165, 1.54) is 57.1 Å². The summed E-state index contributed by atoms with van der Waals surface area (Å²) in [4.78, 5) is 62.1. The molecular weight excluding hydrogens is 1630 g/mol. The van der Waals surface area contributed by atoms with Crippen LogP contribution in [0, 0.1) is 54.8 Å². The Morgan fingerprint density at radius 1 is 0.382 bits per heavy atom. The van der Waals surface area contributed by atoms with Crippen LogP contribution in [0.25, 0.3) is 17.5 Å². The van der Waals surface area contributed by atoms with Crippen LogP contribution in [-0.4, -0.2) is 173 Å². The summed E-state index contributed by atoms with van der Waals surface area (Å²) in [7, 11) is -12.4. The second-order valence-corrected chi connectivity index (χ2v) is 43.3. The molecule has 0 aromatic carbocycles. The van der Waals surface area contributed by atoms with Crippen LogP contribution in [0.4, 0.5) is 17.5 Å². The van der Waals surface area contributed by atoms with Gasteiger partial charge >= 0.3 is 0 Å². The topological polar surface area (TPSA) is 373 Å². The lowest BCUT2D eigenvalue weighted by atomic mass is 9.93. The van der Waals surface area contributed by atoms with Gasteiger partial charge in [0.2, 0.25) is 17.6 Å².